The second kappa shape index (κ2) is 6.55. The second-order valence-electron chi connectivity index (χ2n) is 6.51. The number of carbonyl (C=O) groups excluding carboxylic acids is 1. The topological polar surface area (TPSA) is 69.6 Å². The van der Waals surface area contributed by atoms with E-state index in [1.165, 1.54) is 4.57 Å². The molecule has 1 aliphatic heterocycles. The van der Waals surface area contributed by atoms with Gasteiger partial charge >= 0.3 is 4.87 Å². The number of hydrogen-bond donors (Lipinski definition) is 1. The van der Waals surface area contributed by atoms with Gasteiger partial charge in [0.15, 0.2) is 11.5 Å². The highest BCUT2D eigenvalue weighted by atomic mass is 32.1. The van der Waals surface area contributed by atoms with E-state index < -0.39 is 0 Å². The molecule has 6 nitrogen and oxygen atoms in total. The molecule has 1 N–H and O–H groups in total. The fourth-order valence-electron chi connectivity index (χ4n) is 3.12. The summed E-state index contributed by atoms with van der Waals surface area (Å²) in [7, 11) is 0. The third kappa shape index (κ3) is 3.42. The van der Waals surface area contributed by atoms with Crippen LogP contribution in [-0.4, -0.2) is 23.7 Å². The van der Waals surface area contributed by atoms with E-state index in [0.717, 1.165) is 46.9 Å². The Hall–Kier alpha value is -2.28. The Labute approximate surface area is 149 Å². The number of carbonyl (C=O) groups is 1. The number of nitrogens with one attached hydrogen (secondary N) is 1. The first-order valence-electron chi connectivity index (χ1n) is 8.45. The molecule has 1 fully saturated rings. The highest BCUT2D eigenvalue weighted by Crippen LogP contribution is 2.43. The van der Waals surface area contributed by atoms with Crippen LogP contribution in [0.2, 0.25) is 0 Å². The summed E-state index contributed by atoms with van der Waals surface area (Å²) in [6.45, 7) is 2.99. The molecule has 0 radical (unpaired) electrons. The van der Waals surface area contributed by atoms with Gasteiger partial charge in [-0.3, -0.25) is 14.2 Å². The molecule has 1 aromatic heterocycles. The minimum Gasteiger partial charge on any atom is -0.486 e. The average Bonchev–Trinajstić information content (AvgIpc) is 3.41. The average molecular weight is 360 g/mol. The lowest BCUT2D eigenvalue weighted by atomic mass is 10.0. The van der Waals surface area contributed by atoms with Gasteiger partial charge in [-0.05, 0) is 43.4 Å². The van der Waals surface area contributed by atoms with E-state index in [1.807, 2.05) is 25.1 Å². The van der Waals surface area contributed by atoms with Crippen LogP contribution in [0, 0.1) is 12.8 Å². The molecule has 0 spiro atoms. The van der Waals surface area contributed by atoms with Crippen molar-refractivity contribution in [3.05, 3.63) is 44.5 Å². The Morgan fingerprint density at radius 1 is 1.32 bits per heavy atom. The molecule has 1 saturated carbocycles. The van der Waals surface area contributed by atoms with Crippen molar-refractivity contribution in [2.75, 3.05) is 13.2 Å². The Morgan fingerprint density at radius 3 is 2.76 bits per heavy atom. The van der Waals surface area contributed by atoms with Crippen molar-refractivity contribution in [3.63, 3.8) is 0 Å². The first-order valence-corrected chi connectivity index (χ1v) is 9.33. The van der Waals surface area contributed by atoms with Gasteiger partial charge in [0.25, 0.3) is 0 Å². The summed E-state index contributed by atoms with van der Waals surface area (Å²) in [5.74, 6) is 1.77. The lowest BCUT2D eigenvalue weighted by Gasteiger charge is -2.23. The Bertz CT molecular complexity index is 853. The van der Waals surface area contributed by atoms with Gasteiger partial charge in [0.2, 0.25) is 5.91 Å². The SMILES string of the molecule is Cc1csc(=O)n1CC(=O)NC(c1ccc2c(c1)OCCO2)C1CC1. The van der Waals surface area contributed by atoms with Crippen LogP contribution in [0.3, 0.4) is 0 Å². The molecule has 25 heavy (non-hydrogen) atoms. The maximum absolute atomic E-state index is 12.5. The maximum Gasteiger partial charge on any atom is 0.307 e. The third-order valence-electron chi connectivity index (χ3n) is 4.61. The quantitative estimate of drug-likeness (QED) is 0.888. The first-order chi connectivity index (χ1) is 12.1. The van der Waals surface area contributed by atoms with Crippen molar-refractivity contribution >= 4 is 17.2 Å². The van der Waals surface area contributed by atoms with Crippen LogP contribution >= 0.6 is 11.3 Å². The maximum atomic E-state index is 12.5. The summed E-state index contributed by atoms with van der Waals surface area (Å²) in [6, 6.07) is 5.79. The Balaban J connectivity index is 1.52. The van der Waals surface area contributed by atoms with Crippen LogP contribution in [0.4, 0.5) is 0 Å². The zero-order chi connectivity index (χ0) is 17.4. The predicted octanol–water partition coefficient (Wildman–Crippen LogP) is 2.26. The van der Waals surface area contributed by atoms with Crippen LogP contribution in [0.5, 0.6) is 11.5 Å². The van der Waals surface area contributed by atoms with Crippen molar-refractivity contribution < 1.29 is 14.3 Å². The summed E-state index contributed by atoms with van der Waals surface area (Å²) in [5.41, 5.74) is 1.84. The fourth-order valence-corrected chi connectivity index (χ4v) is 3.85. The van der Waals surface area contributed by atoms with Crippen LogP contribution in [-0.2, 0) is 11.3 Å². The molecule has 4 rings (SSSR count). The van der Waals surface area contributed by atoms with E-state index in [0.29, 0.717) is 19.1 Å². The number of rotatable bonds is 5. The summed E-state index contributed by atoms with van der Waals surface area (Å²) in [4.78, 5) is 24.2. The lowest BCUT2D eigenvalue weighted by molar-refractivity contribution is -0.122. The predicted molar refractivity (Wildman–Crippen MR) is 94.4 cm³/mol. The molecule has 1 amide bonds. The van der Waals surface area contributed by atoms with Crippen molar-refractivity contribution in [1.29, 1.82) is 0 Å². The Kier molecular flexibility index (Phi) is 4.25. The fraction of sp³-hybridized carbons (Fsp3) is 0.444. The molecule has 1 unspecified atom stereocenters. The number of aryl methyl sites for hydroxylation is 1. The molecule has 2 heterocycles. The molecule has 1 aromatic carbocycles. The molecule has 0 saturated heterocycles. The minimum absolute atomic E-state index is 0.0574. The van der Waals surface area contributed by atoms with Gasteiger partial charge in [-0.2, -0.15) is 0 Å². The van der Waals surface area contributed by atoms with Gasteiger partial charge in [0.05, 0.1) is 6.04 Å². The monoisotopic (exact) mass is 360 g/mol. The van der Waals surface area contributed by atoms with E-state index in [9.17, 15) is 9.59 Å². The van der Waals surface area contributed by atoms with Gasteiger partial charge in [-0.1, -0.05) is 17.4 Å². The molecule has 2 aromatic rings. The molecular formula is C18H20N2O4S. The molecular weight excluding hydrogens is 340 g/mol. The van der Waals surface area contributed by atoms with Gasteiger partial charge in [-0.15, -0.1) is 0 Å². The number of hydrogen-bond acceptors (Lipinski definition) is 5. The van der Waals surface area contributed by atoms with Crippen molar-refractivity contribution in [2.24, 2.45) is 5.92 Å². The number of amides is 1. The largest absolute Gasteiger partial charge is 0.486 e. The molecule has 7 heteroatoms. The smallest absolute Gasteiger partial charge is 0.307 e. The van der Waals surface area contributed by atoms with E-state index >= 15 is 0 Å². The molecule has 132 valence electrons. The summed E-state index contributed by atoms with van der Waals surface area (Å²) < 4.78 is 12.7. The third-order valence-corrected chi connectivity index (χ3v) is 5.49. The number of aromatic nitrogens is 1. The number of fused-ring (bicyclic) bond motifs is 1. The number of ether oxygens (including phenoxy) is 2. The van der Waals surface area contributed by atoms with Crippen LogP contribution < -0.4 is 19.7 Å². The van der Waals surface area contributed by atoms with Crippen molar-refractivity contribution in [2.45, 2.75) is 32.4 Å². The molecule has 1 atom stereocenters. The van der Waals surface area contributed by atoms with E-state index in [1.54, 1.807) is 5.38 Å². The lowest BCUT2D eigenvalue weighted by Crippen LogP contribution is -2.35. The summed E-state index contributed by atoms with van der Waals surface area (Å²) in [5, 5.41) is 4.88. The van der Waals surface area contributed by atoms with E-state index in [2.05, 4.69) is 5.32 Å². The molecule has 2 aliphatic rings. The van der Waals surface area contributed by atoms with Gasteiger partial charge in [0.1, 0.15) is 19.8 Å². The first kappa shape index (κ1) is 16.2. The van der Waals surface area contributed by atoms with Gasteiger partial charge in [0, 0.05) is 11.1 Å². The van der Waals surface area contributed by atoms with Gasteiger partial charge < -0.3 is 14.8 Å². The minimum atomic E-state index is -0.143. The van der Waals surface area contributed by atoms with Crippen molar-refractivity contribution in [3.8, 4) is 11.5 Å². The number of benzene rings is 1. The van der Waals surface area contributed by atoms with Gasteiger partial charge in [-0.25, -0.2) is 0 Å². The molecule has 1 aliphatic carbocycles. The van der Waals surface area contributed by atoms with Crippen molar-refractivity contribution in [1.82, 2.24) is 9.88 Å². The van der Waals surface area contributed by atoms with Crippen LogP contribution in [0.25, 0.3) is 0 Å². The highest BCUT2D eigenvalue weighted by molar-refractivity contribution is 7.07. The van der Waals surface area contributed by atoms with E-state index in [-0.39, 0.29) is 23.4 Å². The Morgan fingerprint density at radius 2 is 2.08 bits per heavy atom. The van der Waals surface area contributed by atoms with Crippen LogP contribution in [0.15, 0.2) is 28.4 Å². The summed E-state index contributed by atoms with van der Waals surface area (Å²) in [6.07, 6.45) is 2.19. The summed E-state index contributed by atoms with van der Waals surface area (Å²) >= 11 is 1.12. The van der Waals surface area contributed by atoms with Crippen LogP contribution in [0.1, 0.15) is 30.1 Å². The zero-order valence-corrected chi connectivity index (χ0v) is 14.8. The number of nitrogens with zero attached hydrogens (tertiary/aromatic N) is 1. The number of thiazole rings is 1. The molecule has 0 bridgehead atoms. The normalized spacial score (nSPS) is 17.2. The zero-order valence-electron chi connectivity index (χ0n) is 14.0. The van der Waals surface area contributed by atoms with E-state index in [4.69, 9.17) is 9.47 Å². The second-order valence-corrected chi connectivity index (χ2v) is 7.34. The highest BCUT2D eigenvalue weighted by Gasteiger charge is 2.34. The standard InChI is InChI=1S/C18H20N2O4S/c1-11-10-25-18(22)20(11)9-16(21)19-17(12-2-3-12)13-4-5-14-15(8-13)24-7-6-23-14/h4-5,8,10,12,17H,2-3,6-7,9H2,1H3,(H,19,21).